The number of nitrogens with one attached hydrogen (secondary N) is 1. The van der Waals surface area contributed by atoms with Crippen molar-refractivity contribution >= 4 is 21.6 Å². The van der Waals surface area contributed by atoms with Crippen LogP contribution in [0.4, 0.5) is 5.69 Å². The molecule has 1 N–H and O–H groups in total. The molecule has 0 heterocycles. The lowest BCUT2D eigenvalue weighted by molar-refractivity contribution is -0.122. The number of methoxy groups -OCH3 is 1. The van der Waals surface area contributed by atoms with Gasteiger partial charge in [-0.05, 0) is 61.8 Å². The second kappa shape index (κ2) is 7.86. The Morgan fingerprint density at radius 2 is 1.96 bits per heavy atom. The molecule has 2 fully saturated rings. The van der Waals surface area contributed by atoms with Crippen molar-refractivity contribution in [3.63, 3.8) is 0 Å². The highest BCUT2D eigenvalue weighted by Crippen LogP contribution is 2.44. The molecule has 0 unspecified atom stereocenters. The van der Waals surface area contributed by atoms with Crippen LogP contribution in [0.15, 0.2) is 24.3 Å². The summed E-state index contributed by atoms with van der Waals surface area (Å²) in [6, 6.07) is 7.23. The fraction of sp³-hybridized carbons (Fsp3) is 0.632. The molecule has 7 heteroatoms. The maximum absolute atomic E-state index is 12.2. The van der Waals surface area contributed by atoms with Crippen LogP contribution in [0.5, 0.6) is 5.75 Å². The van der Waals surface area contributed by atoms with Gasteiger partial charge in [-0.3, -0.25) is 9.10 Å². The number of ether oxygens (including phenoxy) is 1. The highest BCUT2D eigenvalue weighted by Gasteiger charge is 2.39. The lowest BCUT2D eigenvalue weighted by Crippen LogP contribution is -2.39. The number of anilines is 1. The van der Waals surface area contributed by atoms with Crippen LogP contribution in [0.1, 0.15) is 38.5 Å². The first kappa shape index (κ1) is 19.0. The van der Waals surface area contributed by atoms with Crippen molar-refractivity contribution in [2.75, 3.05) is 24.2 Å². The largest absolute Gasteiger partial charge is 0.497 e. The summed E-state index contributed by atoms with van der Waals surface area (Å²) in [5.41, 5.74) is 0.585. The summed E-state index contributed by atoms with van der Waals surface area (Å²) in [5, 5.41) is 3.15. The number of nitrogens with zero attached hydrogens (tertiary/aromatic N) is 1. The van der Waals surface area contributed by atoms with Crippen molar-refractivity contribution in [3.8, 4) is 5.75 Å². The number of sulfonamides is 1. The van der Waals surface area contributed by atoms with E-state index >= 15 is 0 Å². The van der Waals surface area contributed by atoms with Gasteiger partial charge in [0.2, 0.25) is 15.9 Å². The summed E-state index contributed by atoms with van der Waals surface area (Å²) in [6.07, 6.45) is 6.92. The third kappa shape index (κ3) is 4.50. The smallest absolute Gasteiger partial charge is 0.232 e. The number of fused-ring (bicyclic) bond motifs is 2. The summed E-state index contributed by atoms with van der Waals surface area (Å²) >= 11 is 0. The summed E-state index contributed by atoms with van der Waals surface area (Å²) in [5.74, 6) is 2.15. The predicted octanol–water partition coefficient (Wildman–Crippen LogP) is 2.55. The first-order valence-electron chi connectivity index (χ1n) is 9.28. The van der Waals surface area contributed by atoms with Crippen molar-refractivity contribution in [3.05, 3.63) is 24.3 Å². The van der Waals surface area contributed by atoms with E-state index < -0.39 is 10.0 Å². The van der Waals surface area contributed by atoms with Crippen LogP contribution in [-0.4, -0.2) is 40.3 Å². The van der Waals surface area contributed by atoms with E-state index in [9.17, 15) is 13.2 Å². The number of carbonyl (C=O) groups excluding carboxylic acids is 1. The lowest BCUT2D eigenvalue weighted by Gasteiger charge is -2.24. The average Bonchev–Trinajstić information content (AvgIpc) is 3.21. The second-order valence-corrected chi connectivity index (χ2v) is 9.39. The van der Waals surface area contributed by atoms with Gasteiger partial charge in [-0.25, -0.2) is 8.42 Å². The van der Waals surface area contributed by atoms with Gasteiger partial charge in [-0.1, -0.05) is 6.42 Å². The Kier molecular flexibility index (Phi) is 5.75. The predicted molar refractivity (Wildman–Crippen MR) is 102 cm³/mol. The van der Waals surface area contributed by atoms with Crippen molar-refractivity contribution in [2.45, 2.75) is 44.6 Å². The molecule has 2 bridgehead atoms. The van der Waals surface area contributed by atoms with Crippen molar-refractivity contribution in [2.24, 2.45) is 11.8 Å². The van der Waals surface area contributed by atoms with Crippen LogP contribution in [0.2, 0.25) is 0 Å². The van der Waals surface area contributed by atoms with Gasteiger partial charge in [0.15, 0.2) is 0 Å². The quantitative estimate of drug-likeness (QED) is 0.752. The highest BCUT2D eigenvalue weighted by molar-refractivity contribution is 7.92. The Labute approximate surface area is 156 Å². The van der Waals surface area contributed by atoms with Crippen LogP contribution < -0.4 is 14.4 Å². The Morgan fingerprint density at radius 3 is 2.50 bits per heavy atom. The maximum atomic E-state index is 12.2. The molecule has 0 radical (unpaired) electrons. The molecule has 26 heavy (non-hydrogen) atoms. The zero-order valence-electron chi connectivity index (χ0n) is 15.5. The van der Waals surface area contributed by atoms with E-state index in [-0.39, 0.29) is 12.5 Å². The first-order chi connectivity index (χ1) is 12.4. The molecule has 2 aliphatic rings. The zero-order chi connectivity index (χ0) is 18.7. The Morgan fingerprint density at radius 1 is 1.23 bits per heavy atom. The molecule has 3 atom stereocenters. The number of benzene rings is 1. The number of amides is 1. The molecule has 2 saturated carbocycles. The normalized spacial score (nSPS) is 24.5. The fourth-order valence-corrected chi connectivity index (χ4v) is 5.28. The van der Waals surface area contributed by atoms with Gasteiger partial charge in [-0.2, -0.15) is 0 Å². The monoisotopic (exact) mass is 380 g/mol. The van der Waals surface area contributed by atoms with Crippen LogP contribution in [0.3, 0.4) is 0 Å². The molecule has 0 spiro atoms. The Hall–Kier alpha value is -1.76. The first-order valence-corrected chi connectivity index (χ1v) is 11.1. The van der Waals surface area contributed by atoms with Gasteiger partial charge in [0.05, 0.1) is 19.1 Å². The van der Waals surface area contributed by atoms with E-state index in [1.54, 1.807) is 31.4 Å². The summed E-state index contributed by atoms with van der Waals surface area (Å²) in [4.78, 5) is 12.2. The highest BCUT2D eigenvalue weighted by atomic mass is 32.2. The van der Waals surface area contributed by atoms with Crippen molar-refractivity contribution < 1.29 is 17.9 Å². The molecule has 0 aromatic heterocycles. The molecule has 0 aliphatic heterocycles. The number of hydrogen-bond acceptors (Lipinski definition) is 4. The Bertz CT molecular complexity index is 732. The van der Waals surface area contributed by atoms with Gasteiger partial charge in [0, 0.05) is 19.0 Å². The van der Waals surface area contributed by atoms with Gasteiger partial charge in [0.1, 0.15) is 5.75 Å². The van der Waals surface area contributed by atoms with E-state index in [0.29, 0.717) is 36.2 Å². The minimum Gasteiger partial charge on any atom is -0.497 e. The zero-order valence-corrected chi connectivity index (χ0v) is 16.3. The number of rotatable bonds is 8. The van der Waals surface area contributed by atoms with Gasteiger partial charge in [0.25, 0.3) is 0 Å². The van der Waals surface area contributed by atoms with Gasteiger partial charge in [-0.15, -0.1) is 0 Å². The standard InChI is InChI=1S/C19H28N2O4S/c1-25-17-9-7-16(8-10-17)21(26(2,23)24)11-3-4-19(22)20-18-13-14-5-6-15(18)12-14/h7-10,14-15,18H,3-6,11-13H2,1-2H3,(H,20,22)/t14-,15-,18+/m0/s1. The topological polar surface area (TPSA) is 75.7 Å². The molecular formula is C19H28N2O4S. The van der Waals surface area contributed by atoms with E-state index in [1.807, 2.05) is 0 Å². The van der Waals surface area contributed by atoms with E-state index in [0.717, 1.165) is 12.3 Å². The van der Waals surface area contributed by atoms with Gasteiger partial charge >= 0.3 is 0 Å². The third-order valence-electron chi connectivity index (χ3n) is 5.61. The van der Waals surface area contributed by atoms with Gasteiger partial charge < -0.3 is 10.1 Å². The van der Waals surface area contributed by atoms with E-state index in [1.165, 1.54) is 29.8 Å². The van der Waals surface area contributed by atoms with E-state index in [4.69, 9.17) is 4.74 Å². The fourth-order valence-electron chi connectivity index (χ4n) is 4.32. The van der Waals surface area contributed by atoms with Crippen LogP contribution in [0.25, 0.3) is 0 Å². The third-order valence-corrected chi connectivity index (χ3v) is 6.80. The van der Waals surface area contributed by atoms with Crippen LogP contribution in [-0.2, 0) is 14.8 Å². The molecule has 1 aromatic rings. The molecule has 2 aliphatic carbocycles. The van der Waals surface area contributed by atoms with Crippen LogP contribution in [0, 0.1) is 11.8 Å². The minimum atomic E-state index is -3.40. The molecule has 1 amide bonds. The minimum absolute atomic E-state index is 0.0331. The summed E-state index contributed by atoms with van der Waals surface area (Å²) < 4.78 is 30.7. The molecule has 0 saturated heterocycles. The molecule has 3 rings (SSSR count). The average molecular weight is 381 g/mol. The summed E-state index contributed by atoms with van der Waals surface area (Å²) in [6.45, 7) is 0.287. The van der Waals surface area contributed by atoms with Crippen molar-refractivity contribution in [1.82, 2.24) is 5.32 Å². The Balaban J connectivity index is 1.52. The summed E-state index contributed by atoms with van der Waals surface area (Å²) in [7, 11) is -1.84. The molecule has 1 aromatic carbocycles. The van der Waals surface area contributed by atoms with Crippen LogP contribution >= 0.6 is 0 Å². The molecule has 144 valence electrons. The SMILES string of the molecule is COc1ccc(N(CCCC(=O)N[C@@H]2C[C@H]3CC[C@H]2C3)S(C)(=O)=O)cc1. The number of hydrogen-bond donors (Lipinski definition) is 1. The lowest BCUT2D eigenvalue weighted by atomic mass is 9.95. The van der Waals surface area contributed by atoms with E-state index in [2.05, 4.69) is 5.32 Å². The second-order valence-electron chi connectivity index (χ2n) is 7.49. The number of carbonyl (C=O) groups is 1. The maximum Gasteiger partial charge on any atom is 0.232 e. The molecule has 6 nitrogen and oxygen atoms in total. The van der Waals surface area contributed by atoms with Crippen molar-refractivity contribution in [1.29, 1.82) is 0 Å². The molecular weight excluding hydrogens is 352 g/mol.